The van der Waals surface area contributed by atoms with Crippen molar-refractivity contribution in [1.82, 2.24) is 5.32 Å². The van der Waals surface area contributed by atoms with Crippen LogP contribution < -0.4 is 11.1 Å². The van der Waals surface area contributed by atoms with Crippen molar-refractivity contribution in [3.05, 3.63) is 21.9 Å². The second-order valence-electron chi connectivity index (χ2n) is 5.53. The Morgan fingerprint density at radius 3 is 2.78 bits per heavy atom. The average molecular weight is 268 g/mol. The van der Waals surface area contributed by atoms with Crippen LogP contribution in [0.4, 0.5) is 0 Å². The van der Waals surface area contributed by atoms with Gasteiger partial charge in [-0.05, 0) is 48.7 Å². The van der Waals surface area contributed by atoms with Crippen molar-refractivity contribution >= 4 is 17.2 Å². The Hall–Kier alpha value is -0.870. The van der Waals surface area contributed by atoms with Gasteiger partial charge in [0.25, 0.3) is 0 Å². The highest BCUT2D eigenvalue weighted by Crippen LogP contribution is 2.18. The van der Waals surface area contributed by atoms with Crippen molar-refractivity contribution in [3.63, 3.8) is 0 Å². The van der Waals surface area contributed by atoms with E-state index in [9.17, 15) is 4.79 Å². The van der Waals surface area contributed by atoms with E-state index >= 15 is 0 Å². The summed E-state index contributed by atoms with van der Waals surface area (Å²) in [7, 11) is 0. The fraction of sp³-hybridized carbons (Fsp3) is 0.643. The van der Waals surface area contributed by atoms with Crippen molar-refractivity contribution < 1.29 is 4.79 Å². The Bertz CT molecular complexity index is 385. The van der Waals surface area contributed by atoms with Crippen molar-refractivity contribution in [2.24, 2.45) is 11.1 Å². The summed E-state index contributed by atoms with van der Waals surface area (Å²) in [6.07, 6.45) is 2.51. The molecule has 0 aromatic carbocycles. The molecular weight excluding hydrogens is 244 g/mol. The summed E-state index contributed by atoms with van der Waals surface area (Å²) < 4.78 is 0. The zero-order valence-electron chi connectivity index (χ0n) is 11.6. The van der Waals surface area contributed by atoms with Crippen LogP contribution in [0.2, 0.25) is 0 Å². The molecule has 0 atom stereocenters. The molecule has 3 nitrogen and oxygen atoms in total. The number of amides is 1. The molecule has 1 rings (SSSR count). The van der Waals surface area contributed by atoms with E-state index in [1.807, 2.05) is 0 Å². The van der Waals surface area contributed by atoms with Gasteiger partial charge in [0.2, 0.25) is 5.91 Å². The van der Waals surface area contributed by atoms with Crippen LogP contribution in [0.1, 0.15) is 37.1 Å². The number of hydrogen-bond acceptors (Lipinski definition) is 3. The number of nitrogens with two attached hydrogens (primary N) is 1. The normalized spacial score (nSPS) is 11.6. The third-order valence-electron chi connectivity index (χ3n) is 3.09. The number of carbonyl (C=O) groups excluding carboxylic acids is 1. The standard InChI is InChI=1S/C14H24N2OS/c1-11-7-8-18-12(11)5-4-6-13(17)16-10-14(2,3)9-15/h7-8H,4-6,9-10,15H2,1-3H3,(H,16,17). The zero-order valence-corrected chi connectivity index (χ0v) is 12.4. The van der Waals surface area contributed by atoms with Crippen LogP contribution in [0.25, 0.3) is 0 Å². The van der Waals surface area contributed by atoms with Crippen LogP contribution in [-0.4, -0.2) is 19.0 Å². The maximum absolute atomic E-state index is 11.7. The van der Waals surface area contributed by atoms with Gasteiger partial charge in [-0.15, -0.1) is 11.3 Å². The molecule has 3 N–H and O–H groups in total. The fourth-order valence-corrected chi connectivity index (χ4v) is 2.52. The maximum atomic E-state index is 11.7. The summed E-state index contributed by atoms with van der Waals surface area (Å²) in [4.78, 5) is 13.1. The first kappa shape index (κ1) is 15.2. The average Bonchev–Trinajstić information content (AvgIpc) is 2.73. The minimum Gasteiger partial charge on any atom is -0.356 e. The van der Waals surface area contributed by atoms with Crippen LogP contribution in [0, 0.1) is 12.3 Å². The first-order valence-corrected chi connectivity index (χ1v) is 7.32. The molecule has 1 aromatic rings. The monoisotopic (exact) mass is 268 g/mol. The molecule has 1 heterocycles. The molecule has 0 fully saturated rings. The van der Waals surface area contributed by atoms with E-state index in [2.05, 4.69) is 37.5 Å². The number of hydrogen-bond donors (Lipinski definition) is 2. The molecule has 1 aromatic heterocycles. The van der Waals surface area contributed by atoms with Gasteiger partial charge in [-0.3, -0.25) is 4.79 Å². The Balaban J connectivity index is 2.20. The number of aryl methyl sites for hydroxylation is 2. The first-order valence-electron chi connectivity index (χ1n) is 6.44. The summed E-state index contributed by atoms with van der Waals surface area (Å²) in [6.45, 7) is 7.47. The van der Waals surface area contributed by atoms with Crippen LogP contribution in [0.3, 0.4) is 0 Å². The van der Waals surface area contributed by atoms with Gasteiger partial charge < -0.3 is 11.1 Å². The zero-order chi connectivity index (χ0) is 13.6. The van der Waals surface area contributed by atoms with Crippen LogP contribution in [0.15, 0.2) is 11.4 Å². The summed E-state index contributed by atoms with van der Waals surface area (Å²) in [5, 5.41) is 5.06. The van der Waals surface area contributed by atoms with Crippen molar-refractivity contribution in [2.45, 2.75) is 40.0 Å². The Kier molecular flexibility index (Phi) is 5.82. The maximum Gasteiger partial charge on any atom is 0.220 e. The van der Waals surface area contributed by atoms with Gasteiger partial charge in [0.05, 0.1) is 0 Å². The molecule has 0 spiro atoms. The highest BCUT2D eigenvalue weighted by molar-refractivity contribution is 7.10. The van der Waals surface area contributed by atoms with E-state index in [-0.39, 0.29) is 11.3 Å². The molecule has 1 amide bonds. The number of thiophene rings is 1. The summed E-state index contributed by atoms with van der Waals surface area (Å²) in [5.74, 6) is 0.130. The lowest BCUT2D eigenvalue weighted by Crippen LogP contribution is -2.38. The quantitative estimate of drug-likeness (QED) is 0.798. The van der Waals surface area contributed by atoms with Crippen LogP contribution >= 0.6 is 11.3 Å². The minimum atomic E-state index is -0.0139. The van der Waals surface area contributed by atoms with Crippen molar-refractivity contribution in [1.29, 1.82) is 0 Å². The van der Waals surface area contributed by atoms with Gasteiger partial charge in [0.1, 0.15) is 0 Å². The van der Waals surface area contributed by atoms with Crippen LogP contribution in [0.5, 0.6) is 0 Å². The Morgan fingerprint density at radius 2 is 2.22 bits per heavy atom. The lowest BCUT2D eigenvalue weighted by Gasteiger charge is -2.22. The van der Waals surface area contributed by atoms with Gasteiger partial charge in [0, 0.05) is 17.8 Å². The number of rotatable bonds is 7. The van der Waals surface area contributed by atoms with E-state index in [4.69, 9.17) is 5.73 Å². The molecule has 0 saturated heterocycles. The summed E-state index contributed by atoms with van der Waals surface area (Å²) in [5.41, 5.74) is 6.95. The van der Waals surface area contributed by atoms with Gasteiger partial charge in [-0.2, -0.15) is 0 Å². The Morgan fingerprint density at radius 1 is 1.50 bits per heavy atom. The van der Waals surface area contributed by atoms with E-state index in [0.29, 0.717) is 19.5 Å². The third-order valence-corrected chi connectivity index (χ3v) is 4.18. The molecule has 18 heavy (non-hydrogen) atoms. The van der Waals surface area contributed by atoms with Gasteiger partial charge >= 0.3 is 0 Å². The smallest absolute Gasteiger partial charge is 0.220 e. The van der Waals surface area contributed by atoms with E-state index in [0.717, 1.165) is 12.8 Å². The predicted octanol–water partition coefficient (Wildman–Crippen LogP) is 2.48. The molecule has 102 valence electrons. The van der Waals surface area contributed by atoms with Gasteiger partial charge in [-0.1, -0.05) is 13.8 Å². The molecule has 0 aliphatic heterocycles. The van der Waals surface area contributed by atoms with Gasteiger partial charge in [0.15, 0.2) is 0 Å². The topological polar surface area (TPSA) is 55.1 Å². The molecule has 0 saturated carbocycles. The number of carbonyl (C=O) groups is 1. The number of nitrogens with one attached hydrogen (secondary N) is 1. The molecule has 0 aliphatic carbocycles. The lowest BCUT2D eigenvalue weighted by molar-refractivity contribution is -0.121. The predicted molar refractivity (Wildman–Crippen MR) is 77.8 cm³/mol. The van der Waals surface area contributed by atoms with E-state index < -0.39 is 0 Å². The van der Waals surface area contributed by atoms with Gasteiger partial charge in [-0.25, -0.2) is 0 Å². The molecule has 0 radical (unpaired) electrons. The highest BCUT2D eigenvalue weighted by atomic mass is 32.1. The van der Waals surface area contributed by atoms with E-state index in [1.54, 1.807) is 11.3 Å². The Labute approximate surface area is 114 Å². The molecule has 0 aliphatic rings. The molecule has 4 heteroatoms. The highest BCUT2D eigenvalue weighted by Gasteiger charge is 2.16. The largest absolute Gasteiger partial charge is 0.356 e. The van der Waals surface area contributed by atoms with E-state index in [1.165, 1.54) is 10.4 Å². The second kappa shape index (κ2) is 6.90. The molecule has 0 bridgehead atoms. The summed E-state index contributed by atoms with van der Waals surface area (Å²) >= 11 is 1.77. The second-order valence-corrected chi connectivity index (χ2v) is 6.53. The fourth-order valence-electron chi connectivity index (χ4n) is 1.57. The summed E-state index contributed by atoms with van der Waals surface area (Å²) in [6, 6.07) is 2.13. The SMILES string of the molecule is Cc1ccsc1CCCC(=O)NCC(C)(C)CN. The molecule has 0 unspecified atom stereocenters. The minimum absolute atomic E-state index is 0.0139. The van der Waals surface area contributed by atoms with Crippen molar-refractivity contribution in [2.75, 3.05) is 13.1 Å². The lowest BCUT2D eigenvalue weighted by atomic mass is 9.94. The van der Waals surface area contributed by atoms with Crippen LogP contribution in [-0.2, 0) is 11.2 Å². The third kappa shape index (κ3) is 5.19. The van der Waals surface area contributed by atoms with Crippen molar-refractivity contribution in [3.8, 4) is 0 Å². The molecular formula is C14H24N2OS. The first-order chi connectivity index (χ1) is 8.44.